The lowest BCUT2D eigenvalue weighted by Crippen LogP contribution is -2.37. The molecule has 5 nitrogen and oxygen atoms in total. The number of benzene rings is 2. The molecule has 1 aliphatic heterocycles. The minimum Gasteiger partial charge on any atom is -0.306 e. The molecule has 2 heterocycles. The molecule has 0 spiro atoms. The molecule has 31 heavy (non-hydrogen) atoms. The first-order chi connectivity index (χ1) is 14.8. The Hall–Kier alpha value is -3.07. The van der Waals surface area contributed by atoms with Gasteiger partial charge < -0.3 is 4.90 Å². The summed E-state index contributed by atoms with van der Waals surface area (Å²) >= 11 is 1.61. The second-order valence-corrected chi connectivity index (χ2v) is 8.19. The number of anilines is 1. The SMILES string of the molecule is Cc1cc(=O)c(C(=O)N2CCCSc3ccccc32)nn1-c1ccccc1C(F)(F)F. The number of thioether (sulfide) groups is 1. The molecule has 2 aromatic carbocycles. The van der Waals surface area contributed by atoms with Crippen LogP contribution in [0, 0.1) is 6.92 Å². The fourth-order valence-corrected chi connectivity index (χ4v) is 4.50. The fourth-order valence-electron chi connectivity index (χ4n) is 3.50. The minimum atomic E-state index is -4.61. The summed E-state index contributed by atoms with van der Waals surface area (Å²) in [5, 5.41) is 4.10. The summed E-state index contributed by atoms with van der Waals surface area (Å²) in [4.78, 5) is 28.4. The van der Waals surface area contributed by atoms with Crippen LogP contribution in [-0.2, 0) is 6.18 Å². The highest BCUT2D eigenvalue weighted by molar-refractivity contribution is 7.99. The van der Waals surface area contributed by atoms with Crippen molar-refractivity contribution in [1.29, 1.82) is 0 Å². The molecule has 3 aromatic rings. The quantitative estimate of drug-likeness (QED) is 0.574. The van der Waals surface area contributed by atoms with Crippen LogP contribution in [-0.4, -0.2) is 28.0 Å². The molecule has 0 fully saturated rings. The van der Waals surface area contributed by atoms with Gasteiger partial charge in [-0.15, -0.1) is 11.8 Å². The average Bonchev–Trinajstić information content (AvgIpc) is 2.95. The van der Waals surface area contributed by atoms with Crippen LogP contribution in [0.2, 0.25) is 0 Å². The first-order valence-corrected chi connectivity index (χ1v) is 10.6. The van der Waals surface area contributed by atoms with Crippen molar-refractivity contribution in [2.75, 3.05) is 17.2 Å². The molecule has 0 saturated heterocycles. The molecule has 0 radical (unpaired) electrons. The van der Waals surface area contributed by atoms with Crippen molar-refractivity contribution >= 4 is 23.4 Å². The number of halogens is 3. The molecule has 4 rings (SSSR count). The Morgan fingerprint density at radius 1 is 1.06 bits per heavy atom. The molecule has 0 saturated carbocycles. The second kappa shape index (κ2) is 8.22. The Bertz CT molecular complexity index is 1210. The number of rotatable bonds is 2. The van der Waals surface area contributed by atoms with Crippen LogP contribution in [0.15, 0.2) is 64.3 Å². The van der Waals surface area contributed by atoms with Gasteiger partial charge in [0.05, 0.1) is 16.9 Å². The summed E-state index contributed by atoms with van der Waals surface area (Å²) in [6.45, 7) is 1.87. The third-order valence-electron chi connectivity index (χ3n) is 4.93. The number of aromatic nitrogens is 2. The highest BCUT2D eigenvalue weighted by Crippen LogP contribution is 2.35. The molecule has 9 heteroatoms. The van der Waals surface area contributed by atoms with Crippen molar-refractivity contribution in [1.82, 2.24) is 9.78 Å². The first kappa shape index (κ1) is 21.2. The van der Waals surface area contributed by atoms with E-state index in [4.69, 9.17) is 0 Å². The topological polar surface area (TPSA) is 55.2 Å². The third-order valence-corrected chi connectivity index (χ3v) is 6.08. The largest absolute Gasteiger partial charge is 0.418 e. The van der Waals surface area contributed by atoms with Gasteiger partial charge in [-0.3, -0.25) is 9.59 Å². The Labute approximate surface area is 180 Å². The maximum Gasteiger partial charge on any atom is 0.418 e. The molecule has 0 bridgehead atoms. The van der Waals surface area contributed by atoms with Gasteiger partial charge in [-0.25, -0.2) is 4.68 Å². The van der Waals surface area contributed by atoms with E-state index in [0.717, 1.165) is 27.5 Å². The van der Waals surface area contributed by atoms with E-state index >= 15 is 0 Å². The molecule has 0 aliphatic carbocycles. The van der Waals surface area contributed by atoms with Crippen LogP contribution >= 0.6 is 11.8 Å². The molecular formula is C22H18F3N3O2S. The molecule has 1 aliphatic rings. The lowest BCUT2D eigenvalue weighted by atomic mass is 10.1. The maximum absolute atomic E-state index is 13.5. The Morgan fingerprint density at radius 3 is 2.48 bits per heavy atom. The summed E-state index contributed by atoms with van der Waals surface area (Å²) in [6.07, 6.45) is -3.90. The van der Waals surface area contributed by atoms with Crippen molar-refractivity contribution in [2.45, 2.75) is 24.4 Å². The van der Waals surface area contributed by atoms with Crippen LogP contribution in [0.1, 0.15) is 28.2 Å². The number of hydrogen-bond donors (Lipinski definition) is 0. The number of fused-ring (bicyclic) bond motifs is 1. The van der Waals surface area contributed by atoms with Gasteiger partial charge in [-0.2, -0.15) is 18.3 Å². The summed E-state index contributed by atoms with van der Waals surface area (Å²) in [6, 6.07) is 13.4. The Morgan fingerprint density at radius 2 is 1.74 bits per heavy atom. The lowest BCUT2D eigenvalue weighted by Gasteiger charge is -2.22. The van der Waals surface area contributed by atoms with Crippen LogP contribution in [0.5, 0.6) is 0 Å². The first-order valence-electron chi connectivity index (χ1n) is 9.58. The maximum atomic E-state index is 13.5. The molecule has 0 N–H and O–H groups in total. The van der Waals surface area contributed by atoms with E-state index in [1.54, 1.807) is 23.9 Å². The summed E-state index contributed by atoms with van der Waals surface area (Å²) in [5.41, 5.74) is -1.32. The number of carbonyl (C=O) groups is 1. The predicted octanol–water partition coefficient (Wildman–Crippen LogP) is 4.70. The van der Waals surface area contributed by atoms with Crippen molar-refractivity contribution in [3.8, 4) is 5.69 Å². The number of alkyl halides is 3. The molecular weight excluding hydrogens is 427 g/mol. The van der Waals surface area contributed by atoms with Crippen molar-refractivity contribution in [2.24, 2.45) is 0 Å². The van der Waals surface area contributed by atoms with E-state index in [1.165, 1.54) is 30.0 Å². The van der Waals surface area contributed by atoms with Crippen LogP contribution in [0.3, 0.4) is 0 Å². The summed E-state index contributed by atoms with van der Waals surface area (Å²) in [5.74, 6) is 0.184. The molecule has 0 unspecified atom stereocenters. The zero-order valence-electron chi connectivity index (χ0n) is 16.5. The molecule has 0 atom stereocenters. The van der Waals surface area contributed by atoms with Gasteiger partial charge in [0.1, 0.15) is 0 Å². The molecule has 160 valence electrons. The number of aryl methyl sites for hydroxylation is 1. The van der Waals surface area contributed by atoms with Gasteiger partial charge in [0.15, 0.2) is 5.69 Å². The Balaban J connectivity index is 1.84. The molecule has 1 aromatic heterocycles. The van der Waals surface area contributed by atoms with Gasteiger partial charge in [-0.05, 0) is 43.4 Å². The number of hydrogen-bond acceptors (Lipinski definition) is 4. The standard InChI is InChI=1S/C22H18F3N3O2S/c1-14-13-18(29)20(26-28(14)16-8-3-2-7-15(16)22(23,24)25)21(30)27-11-6-12-31-19-10-5-4-9-17(19)27/h2-5,7-10,13H,6,11-12H2,1H3. The van der Waals surface area contributed by atoms with E-state index in [9.17, 15) is 22.8 Å². The zero-order chi connectivity index (χ0) is 22.2. The number of para-hydroxylation sites is 2. The minimum absolute atomic E-state index is 0.199. The van der Waals surface area contributed by atoms with Crippen molar-refractivity contribution in [3.63, 3.8) is 0 Å². The van der Waals surface area contributed by atoms with E-state index in [1.807, 2.05) is 12.1 Å². The lowest BCUT2D eigenvalue weighted by molar-refractivity contribution is -0.137. The van der Waals surface area contributed by atoms with Gasteiger partial charge in [0.25, 0.3) is 5.91 Å². The van der Waals surface area contributed by atoms with Gasteiger partial charge in [-0.1, -0.05) is 24.3 Å². The molecule has 1 amide bonds. The fraction of sp³-hybridized carbons (Fsp3) is 0.227. The zero-order valence-corrected chi connectivity index (χ0v) is 17.3. The van der Waals surface area contributed by atoms with Crippen LogP contribution in [0.4, 0.5) is 18.9 Å². The summed E-state index contributed by atoms with van der Waals surface area (Å²) in [7, 11) is 0. The van der Waals surface area contributed by atoms with Crippen molar-refractivity contribution < 1.29 is 18.0 Å². The highest BCUT2D eigenvalue weighted by atomic mass is 32.2. The number of amides is 1. The van der Waals surface area contributed by atoms with Crippen LogP contribution < -0.4 is 10.3 Å². The van der Waals surface area contributed by atoms with Gasteiger partial charge in [0, 0.05) is 23.2 Å². The van der Waals surface area contributed by atoms with E-state index < -0.39 is 28.8 Å². The van der Waals surface area contributed by atoms with E-state index in [0.29, 0.717) is 18.7 Å². The summed E-state index contributed by atoms with van der Waals surface area (Å²) < 4.78 is 41.6. The van der Waals surface area contributed by atoms with Crippen LogP contribution in [0.25, 0.3) is 5.69 Å². The van der Waals surface area contributed by atoms with E-state index in [2.05, 4.69) is 5.10 Å². The number of carbonyl (C=O) groups excluding carboxylic acids is 1. The van der Waals surface area contributed by atoms with Crippen molar-refractivity contribution in [3.05, 3.63) is 81.8 Å². The smallest absolute Gasteiger partial charge is 0.306 e. The Kier molecular flexibility index (Phi) is 5.62. The predicted molar refractivity (Wildman–Crippen MR) is 113 cm³/mol. The average molecular weight is 445 g/mol. The third kappa shape index (κ3) is 4.10. The van der Waals surface area contributed by atoms with E-state index in [-0.39, 0.29) is 11.4 Å². The number of nitrogens with zero attached hydrogens (tertiary/aromatic N) is 3. The van der Waals surface area contributed by atoms with Gasteiger partial charge in [0.2, 0.25) is 5.43 Å². The monoisotopic (exact) mass is 445 g/mol. The van der Waals surface area contributed by atoms with Gasteiger partial charge >= 0.3 is 6.18 Å². The highest BCUT2D eigenvalue weighted by Gasteiger charge is 2.34. The normalized spacial score (nSPS) is 14.1. The second-order valence-electron chi connectivity index (χ2n) is 7.05.